The highest BCUT2D eigenvalue weighted by Crippen LogP contribution is 2.81. The highest BCUT2D eigenvalue weighted by Gasteiger charge is 2.88. The maximum absolute atomic E-state index is 12.7. The quantitative estimate of drug-likeness (QED) is 0.581. The van der Waals surface area contributed by atoms with Crippen molar-refractivity contribution in [2.45, 2.75) is 77.1 Å². The Balaban J connectivity index is 1.92. The van der Waals surface area contributed by atoms with Gasteiger partial charge in [-0.1, -0.05) is 20.8 Å². The molecule has 3 saturated carbocycles. The third kappa shape index (κ3) is 1.98. The molecule has 5 heteroatoms. The van der Waals surface area contributed by atoms with Gasteiger partial charge < -0.3 is 9.16 Å². The van der Waals surface area contributed by atoms with Crippen LogP contribution in [0.5, 0.6) is 0 Å². The largest absolute Gasteiger partial charge is 0.469 e. The molecule has 0 heterocycles. The van der Waals surface area contributed by atoms with Gasteiger partial charge in [0.1, 0.15) is 5.78 Å². The fourth-order valence-corrected chi connectivity index (χ4v) is 6.51. The molecule has 2 unspecified atom stereocenters. The second-order valence-electron chi connectivity index (χ2n) is 9.14. The minimum atomic E-state index is -1.92. The van der Waals surface area contributed by atoms with Crippen LogP contribution in [0.3, 0.4) is 0 Å². The van der Waals surface area contributed by atoms with Crippen LogP contribution in [0.25, 0.3) is 0 Å². The molecule has 0 bridgehead atoms. The highest BCUT2D eigenvalue weighted by molar-refractivity contribution is 6.74. The minimum absolute atomic E-state index is 0.0352. The van der Waals surface area contributed by atoms with Crippen LogP contribution in [0, 0.1) is 16.7 Å². The van der Waals surface area contributed by atoms with Crippen molar-refractivity contribution < 1.29 is 18.8 Å². The first kappa shape index (κ1) is 17.2. The number of esters is 1. The number of ketones is 1. The van der Waals surface area contributed by atoms with E-state index in [9.17, 15) is 9.59 Å². The molecule has 0 aliphatic heterocycles. The maximum Gasteiger partial charge on any atom is 0.313 e. The first-order chi connectivity index (χ1) is 10.5. The molecule has 3 fully saturated rings. The van der Waals surface area contributed by atoms with E-state index in [0.29, 0.717) is 12.8 Å². The molecule has 130 valence electrons. The lowest BCUT2D eigenvalue weighted by Crippen LogP contribution is -2.46. The van der Waals surface area contributed by atoms with Gasteiger partial charge >= 0.3 is 5.97 Å². The van der Waals surface area contributed by atoms with Gasteiger partial charge in [0.15, 0.2) is 8.32 Å². The Bertz CT molecular complexity index is 550. The first-order valence-electron chi connectivity index (χ1n) is 8.84. The fourth-order valence-electron chi connectivity index (χ4n) is 5.15. The van der Waals surface area contributed by atoms with Crippen molar-refractivity contribution in [2.24, 2.45) is 16.7 Å². The lowest BCUT2D eigenvalue weighted by molar-refractivity contribution is -0.149. The summed E-state index contributed by atoms with van der Waals surface area (Å²) in [6, 6.07) is 0. The molecule has 0 radical (unpaired) electrons. The van der Waals surface area contributed by atoms with Crippen molar-refractivity contribution >= 4 is 20.1 Å². The molecule has 0 saturated heterocycles. The van der Waals surface area contributed by atoms with Gasteiger partial charge in [0.25, 0.3) is 0 Å². The molecular formula is C18H30O4Si. The molecule has 0 N–H and O–H groups in total. The summed E-state index contributed by atoms with van der Waals surface area (Å²) < 4.78 is 11.8. The van der Waals surface area contributed by atoms with Crippen LogP contribution in [-0.2, 0) is 18.8 Å². The van der Waals surface area contributed by atoms with Gasteiger partial charge in [0.2, 0.25) is 0 Å². The molecule has 4 atom stereocenters. The SMILES string of the molecule is COC(=O)[C@@]12CCC(=O)C13CCC[C@H](O[Si](C)(C)C(C)(C)C)C32. The zero-order chi connectivity index (χ0) is 17.3. The van der Waals surface area contributed by atoms with Gasteiger partial charge in [0.05, 0.1) is 17.9 Å². The average molecular weight is 339 g/mol. The van der Waals surface area contributed by atoms with Crippen LogP contribution in [0.15, 0.2) is 0 Å². The Kier molecular flexibility index (Phi) is 3.66. The Morgan fingerprint density at radius 2 is 1.91 bits per heavy atom. The summed E-state index contributed by atoms with van der Waals surface area (Å²) >= 11 is 0. The molecule has 0 aromatic heterocycles. The molecule has 23 heavy (non-hydrogen) atoms. The fraction of sp³-hybridized carbons (Fsp3) is 0.889. The van der Waals surface area contributed by atoms with Gasteiger partial charge in [0, 0.05) is 18.4 Å². The summed E-state index contributed by atoms with van der Waals surface area (Å²) in [5, 5.41) is 0.129. The topological polar surface area (TPSA) is 52.6 Å². The molecule has 3 aliphatic rings. The van der Waals surface area contributed by atoms with Gasteiger partial charge in [-0.2, -0.15) is 0 Å². The average Bonchev–Trinajstić information content (AvgIpc) is 2.99. The Morgan fingerprint density at radius 3 is 2.48 bits per heavy atom. The predicted molar refractivity (Wildman–Crippen MR) is 90.5 cm³/mol. The molecule has 3 rings (SSSR count). The Morgan fingerprint density at radius 1 is 1.26 bits per heavy atom. The van der Waals surface area contributed by atoms with E-state index in [2.05, 4.69) is 33.9 Å². The van der Waals surface area contributed by atoms with E-state index < -0.39 is 19.1 Å². The van der Waals surface area contributed by atoms with Crippen LogP contribution in [-0.4, -0.2) is 33.3 Å². The highest BCUT2D eigenvalue weighted by atomic mass is 28.4. The van der Waals surface area contributed by atoms with E-state index in [-0.39, 0.29) is 28.8 Å². The maximum atomic E-state index is 12.7. The molecule has 0 aromatic carbocycles. The van der Waals surface area contributed by atoms with Crippen molar-refractivity contribution in [1.29, 1.82) is 0 Å². The standard InChI is InChI=1S/C18H30O4Si/c1-16(2,3)23(5,6)22-12-8-7-10-17-13(19)9-11-18(17,14(12)17)15(20)21-4/h12,14H,7-11H2,1-6H3/t12-,14?,17?,18-/m0/s1. The second kappa shape index (κ2) is 4.91. The number of carbonyl (C=O) groups excluding carboxylic acids is 2. The van der Waals surface area contributed by atoms with Crippen LogP contribution in [0.1, 0.15) is 52.9 Å². The zero-order valence-electron chi connectivity index (χ0n) is 15.3. The van der Waals surface area contributed by atoms with Gasteiger partial charge in [-0.25, -0.2) is 0 Å². The number of carbonyl (C=O) groups is 2. The summed E-state index contributed by atoms with van der Waals surface area (Å²) in [6.07, 6.45) is 3.99. The molecule has 1 spiro atoms. The summed E-state index contributed by atoms with van der Waals surface area (Å²) in [5.74, 6) is 0.141. The third-order valence-electron chi connectivity index (χ3n) is 7.25. The number of Topliss-reactive ketones (excluding diaryl/α,β-unsaturated/α-hetero) is 1. The van der Waals surface area contributed by atoms with E-state index in [1.807, 2.05) is 0 Å². The van der Waals surface area contributed by atoms with E-state index in [0.717, 1.165) is 19.3 Å². The normalized spacial score (nSPS) is 39.7. The lowest BCUT2D eigenvalue weighted by Gasteiger charge is -2.41. The van der Waals surface area contributed by atoms with E-state index in [1.165, 1.54) is 7.11 Å². The molecule has 3 aliphatic carbocycles. The Hall–Kier alpha value is -0.683. The molecule has 0 amide bonds. The van der Waals surface area contributed by atoms with E-state index in [4.69, 9.17) is 9.16 Å². The Labute approximate surface area is 140 Å². The van der Waals surface area contributed by atoms with Crippen molar-refractivity contribution in [3.8, 4) is 0 Å². The van der Waals surface area contributed by atoms with Crippen molar-refractivity contribution in [3.63, 3.8) is 0 Å². The first-order valence-corrected chi connectivity index (χ1v) is 11.7. The summed E-state index contributed by atoms with van der Waals surface area (Å²) in [7, 11) is -0.476. The van der Waals surface area contributed by atoms with Gasteiger partial charge in [-0.05, 0) is 43.8 Å². The predicted octanol–water partition coefficient (Wildman–Crippen LogP) is 3.70. The minimum Gasteiger partial charge on any atom is -0.469 e. The summed E-state index contributed by atoms with van der Waals surface area (Å²) in [6.45, 7) is 11.2. The smallest absolute Gasteiger partial charge is 0.313 e. The van der Waals surface area contributed by atoms with Crippen molar-refractivity contribution in [3.05, 3.63) is 0 Å². The van der Waals surface area contributed by atoms with Gasteiger partial charge in [-0.3, -0.25) is 9.59 Å². The lowest BCUT2D eigenvalue weighted by atomic mass is 9.83. The van der Waals surface area contributed by atoms with Crippen LogP contribution >= 0.6 is 0 Å². The molecule has 4 nitrogen and oxygen atoms in total. The summed E-state index contributed by atoms with van der Waals surface area (Å²) in [5.41, 5.74) is -1.05. The van der Waals surface area contributed by atoms with E-state index in [1.54, 1.807) is 0 Å². The van der Waals surface area contributed by atoms with Crippen molar-refractivity contribution in [1.82, 2.24) is 0 Å². The monoisotopic (exact) mass is 338 g/mol. The second-order valence-corrected chi connectivity index (χ2v) is 13.9. The van der Waals surface area contributed by atoms with Crippen molar-refractivity contribution in [2.75, 3.05) is 7.11 Å². The number of methoxy groups -OCH3 is 1. The van der Waals surface area contributed by atoms with E-state index >= 15 is 0 Å². The molecule has 0 aromatic rings. The van der Waals surface area contributed by atoms with Crippen LogP contribution in [0.4, 0.5) is 0 Å². The number of rotatable bonds is 3. The number of hydrogen-bond donors (Lipinski definition) is 0. The van der Waals surface area contributed by atoms with Crippen LogP contribution in [0.2, 0.25) is 18.1 Å². The number of fused-ring (bicyclic) bond motifs is 1. The number of ether oxygens (including phenoxy) is 1. The van der Waals surface area contributed by atoms with Gasteiger partial charge in [-0.15, -0.1) is 0 Å². The zero-order valence-corrected chi connectivity index (χ0v) is 16.3. The molecular weight excluding hydrogens is 308 g/mol. The summed E-state index contributed by atoms with van der Waals surface area (Å²) in [4.78, 5) is 25.2. The van der Waals surface area contributed by atoms with Crippen LogP contribution < -0.4 is 0 Å². The third-order valence-corrected chi connectivity index (χ3v) is 11.8. The number of hydrogen-bond acceptors (Lipinski definition) is 4.